The minimum atomic E-state index is -0.572. The van der Waals surface area contributed by atoms with Crippen molar-refractivity contribution in [2.24, 2.45) is 11.8 Å². The van der Waals surface area contributed by atoms with Crippen molar-refractivity contribution in [2.75, 3.05) is 32.7 Å². The smallest absolute Gasteiger partial charge is 0.258 e. The second-order valence-corrected chi connectivity index (χ2v) is 10.5. The third kappa shape index (κ3) is 6.03. The Kier molecular flexibility index (Phi) is 7.87. The largest absolute Gasteiger partial charge is 0.349 e. The van der Waals surface area contributed by atoms with Gasteiger partial charge in [-0.15, -0.1) is 0 Å². The van der Waals surface area contributed by atoms with Gasteiger partial charge < -0.3 is 15.1 Å². The van der Waals surface area contributed by atoms with Crippen LogP contribution in [-0.4, -0.2) is 54.3 Å². The zero-order valence-corrected chi connectivity index (χ0v) is 21.4. The predicted octanol–water partition coefficient (Wildman–Crippen LogP) is 4.97. The van der Waals surface area contributed by atoms with Gasteiger partial charge in [-0.25, -0.2) is 4.39 Å². The normalized spacial score (nSPS) is 20.0. The molecule has 3 aromatic rings. The molecule has 0 spiro atoms. The quantitative estimate of drug-likeness (QED) is 0.457. The Bertz CT molecular complexity index is 1210. The molecule has 3 aromatic carbocycles. The highest BCUT2D eigenvalue weighted by Gasteiger charge is 2.42. The van der Waals surface area contributed by atoms with Crippen molar-refractivity contribution >= 4 is 23.4 Å². The van der Waals surface area contributed by atoms with E-state index < -0.39 is 5.82 Å². The number of likely N-dealkylation sites (tertiary alicyclic amines) is 2. The van der Waals surface area contributed by atoms with E-state index in [2.05, 4.69) is 22.3 Å². The Hall–Kier alpha value is -3.22. The fourth-order valence-corrected chi connectivity index (χ4v) is 5.89. The average molecular weight is 520 g/mol. The third-order valence-corrected chi connectivity index (χ3v) is 7.82. The van der Waals surface area contributed by atoms with Gasteiger partial charge in [-0.2, -0.15) is 0 Å². The molecule has 5 rings (SSSR count). The van der Waals surface area contributed by atoms with Gasteiger partial charge in [0.1, 0.15) is 5.82 Å². The number of amides is 2. The molecule has 0 saturated carbocycles. The number of nitrogens with one attached hydrogen (secondary N) is 1. The molecule has 0 aliphatic carbocycles. The number of carbonyl (C=O) groups excluding carboxylic acids is 2. The lowest BCUT2D eigenvalue weighted by molar-refractivity contribution is -0.121. The number of fused-ring (bicyclic) bond motifs is 1. The fourth-order valence-electron chi connectivity index (χ4n) is 5.64. The van der Waals surface area contributed by atoms with Crippen LogP contribution in [0, 0.1) is 17.7 Å². The first-order valence-corrected chi connectivity index (χ1v) is 13.2. The van der Waals surface area contributed by atoms with Crippen molar-refractivity contribution in [3.63, 3.8) is 0 Å². The molecule has 3 atom stereocenters. The Morgan fingerprint density at radius 3 is 2.19 bits per heavy atom. The molecule has 2 aliphatic heterocycles. The molecule has 7 heteroatoms. The van der Waals surface area contributed by atoms with E-state index in [1.807, 2.05) is 48.5 Å². The van der Waals surface area contributed by atoms with Crippen molar-refractivity contribution in [1.29, 1.82) is 0 Å². The van der Waals surface area contributed by atoms with Crippen molar-refractivity contribution in [3.8, 4) is 0 Å². The number of hydrogen-bond donors (Lipinski definition) is 1. The van der Waals surface area contributed by atoms with Crippen LogP contribution in [-0.2, 0) is 11.2 Å². The highest BCUT2D eigenvalue weighted by atomic mass is 35.5. The minimum Gasteiger partial charge on any atom is -0.349 e. The van der Waals surface area contributed by atoms with Gasteiger partial charge in [0.15, 0.2) is 0 Å². The maximum absolute atomic E-state index is 14.3. The van der Waals surface area contributed by atoms with Crippen molar-refractivity contribution in [3.05, 3.63) is 106 Å². The van der Waals surface area contributed by atoms with Gasteiger partial charge in [0.05, 0.1) is 23.0 Å². The van der Waals surface area contributed by atoms with Crippen molar-refractivity contribution < 1.29 is 14.0 Å². The Morgan fingerprint density at radius 2 is 1.54 bits per heavy atom. The van der Waals surface area contributed by atoms with Gasteiger partial charge in [-0.3, -0.25) is 9.59 Å². The average Bonchev–Trinajstić information content (AvgIpc) is 3.47. The molecule has 2 amide bonds. The van der Waals surface area contributed by atoms with Crippen LogP contribution in [0.15, 0.2) is 78.9 Å². The zero-order valence-electron chi connectivity index (χ0n) is 20.7. The number of carbonyl (C=O) groups is 2. The second-order valence-electron chi connectivity index (χ2n) is 10.1. The van der Waals surface area contributed by atoms with Crippen LogP contribution in [0.25, 0.3) is 0 Å². The van der Waals surface area contributed by atoms with E-state index in [-0.39, 0.29) is 28.4 Å². The summed E-state index contributed by atoms with van der Waals surface area (Å²) >= 11 is 6.12. The summed E-state index contributed by atoms with van der Waals surface area (Å²) in [7, 11) is 0. The van der Waals surface area contributed by atoms with Crippen molar-refractivity contribution in [1.82, 2.24) is 15.1 Å². The Labute approximate surface area is 222 Å². The van der Waals surface area contributed by atoms with Crippen LogP contribution in [0.4, 0.5) is 4.39 Å². The molecular formula is C30H31ClFN3O2. The molecule has 37 heavy (non-hydrogen) atoms. The summed E-state index contributed by atoms with van der Waals surface area (Å²) in [6.07, 6.45) is 1.16. The van der Waals surface area contributed by atoms with Gasteiger partial charge in [-0.1, -0.05) is 78.3 Å². The first-order valence-electron chi connectivity index (χ1n) is 12.8. The van der Waals surface area contributed by atoms with E-state index in [1.54, 1.807) is 11.0 Å². The predicted molar refractivity (Wildman–Crippen MR) is 143 cm³/mol. The summed E-state index contributed by atoms with van der Waals surface area (Å²) in [6, 6.07) is 24.1. The molecule has 2 saturated heterocycles. The van der Waals surface area contributed by atoms with Crippen LogP contribution in [0.5, 0.6) is 0 Å². The number of rotatable bonds is 8. The molecule has 1 N–H and O–H groups in total. The maximum atomic E-state index is 14.3. The molecule has 2 fully saturated rings. The molecule has 5 nitrogen and oxygen atoms in total. The third-order valence-electron chi connectivity index (χ3n) is 7.50. The summed E-state index contributed by atoms with van der Waals surface area (Å²) in [6.45, 7) is 3.85. The van der Waals surface area contributed by atoms with Gasteiger partial charge in [0.2, 0.25) is 5.91 Å². The topological polar surface area (TPSA) is 52.7 Å². The van der Waals surface area contributed by atoms with E-state index in [0.717, 1.165) is 37.2 Å². The minimum absolute atomic E-state index is 0.0132. The lowest BCUT2D eigenvalue weighted by Crippen LogP contribution is -2.36. The van der Waals surface area contributed by atoms with E-state index >= 15 is 0 Å². The van der Waals surface area contributed by atoms with Gasteiger partial charge in [0, 0.05) is 32.7 Å². The Balaban J connectivity index is 1.17. The van der Waals surface area contributed by atoms with Gasteiger partial charge >= 0.3 is 0 Å². The monoisotopic (exact) mass is 519 g/mol. The number of nitrogens with zero attached hydrogens (tertiary/aromatic N) is 2. The highest BCUT2D eigenvalue weighted by Crippen LogP contribution is 2.33. The van der Waals surface area contributed by atoms with E-state index in [1.165, 1.54) is 12.1 Å². The SMILES string of the molecule is O=C(Cc1ccccc1)NC(CCN1CC2CN(C(=O)c3c(F)cccc3Cl)C[C@@H]2C1)c1ccccc1. The fraction of sp³-hybridized carbons (Fsp3) is 0.333. The summed E-state index contributed by atoms with van der Waals surface area (Å²) in [5.41, 5.74) is 2.06. The van der Waals surface area contributed by atoms with Crippen LogP contribution in [0.3, 0.4) is 0 Å². The first-order chi connectivity index (χ1) is 18.0. The lowest BCUT2D eigenvalue weighted by Gasteiger charge is -2.25. The van der Waals surface area contributed by atoms with E-state index in [4.69, 9.17) is 11.6 Å². The molecule has 2 aliphatic rings. The van der Waals surface area contributed by atoms with Crippen LogP contribution < -0.4 is 5.32 Å². The molecule has 0 aromatic heterocycles. The van der Waals surface area contributed by atoms with Crippen LogP contribution >= 0.6 is 11.6 Å². The number of hydrogen-bond acceptors (Lipinski definition) is 3. The molecular weight excluding hydrogens is 489 g/mol. The lowest BCUT2D eigenvalue weighted by atomic mass is 10.0. The standard InChI is InChI=1S/C30H31ClFN3O2/c31-25-12-7-13-26(32)29(25)30(37)35-19-23-17-34(18-24(23)20-35)15-14-27(22-10-5-2-6-11-22)33-28(36)16-21-8-3-1-4-9-21/h1-13,23-24,27H,14-20H2,(H,33,36)/t23-,24?,27?/m0/s1. The van der Waals surface area contributed by atoms with Gasteiger partial charge in [-0.05, 0) is 41.5 Å². The molecule has 0 bridgehead atoms. The molecule has 0 radical (unpaired) electrons. The zero-order chi connectivity index (χ0) is 25.8. The first kappa shape index (κ1) is 25.4. The van der Waals surface area contributed by atoms with Crippen LogP contribution in [0.2, 0.25) is 5.02 Å². The summed E-state index contributed by atoms with van der Waals surface area (Å²) in [5.74, 6) is -0.166. The van der Waals surface area contributed by atoms with Crippen molar-refractivity contribution in [2.45, 2.75) is 18.9 Å². The number of benzene rings is 3. The second kappa shape index (κ2) is 11.4. The highest BCUT2D eigenvalue weighted by molar-refractivity contribution is 6.33. The summed E-state index contributed by atoms with van der Waals surface area (Å²) in [5, 5.41) is 3.40. The van der Waals surface area contributed by atoms with E-state index in [0.29, 0.717) is 31.3 Å². The molecule has 2 unspecified atom stereocenters. The summed E-state index contributed by atoms with van der Waals surface area (Å²) in [4.78, 5) is 29.9. The Morgan fingerprint density at radius 1 is 0.892 bits per heavy atom. The number of halogens is 2. The van der Waals surface area contributed by atoms with Gasteiger partial charge in [0.25, 0.3) is 5.91 Å². The maximum Gasteiger partial charge on any atom is 0.258 e. The molecule has 192 valence electrons. The summed E-state index contributed by atoms with van der Waals surface area (Å²) < 4.78 is 14.3. The van der Waals surface area contributed by atoms with Crippen LogP contribution in [0.1, 0.15) is 33.9 Å². The van der Waals surface area contributed by atoms with E-state index in [9.17, 15) is 14.0 Å². The molecule has 2 heterocycles.